The molecule has 0 bridgehead atoms. The van der Waals surface area contributed by atoms with Gasteiger partial charge in [-0.3, -0.25) is 9.36 Å². The number of nitrogens with zero attached hydrogens (tertiary/aromatic N) is 3. The van der Waals surface area contributed by atoms with Crippen molar-refractivity contribution in [2.45, 2.75) is 23.9 Å². The number of thioether (sulfide) groups is 1. The third kappa shape index (κ3) is 3.54. The topological polar surface area (TPSA) is 82.0 Å². The van der Waals surface area contributed by atoms with Crippen LogP contribution in [-0.2, 0) is 20.8 Å². The minimum atomic E-state index is -0.369. The fourth-order valence-corrected chi connectivity index (χ4v) is 3.49. The third-order valence-corrected chi connectivity index (χ3v) is 4.94. The second kappa shape index (κ2) is 7.71. The Morgan fingerprint density at radius 1 is 1.32 bits per heavy atom. The molecule has 2 aromatic heterocycles. The SMILES string of the molecule is COCCn1c(S[C@H](C)C(=O)OC)nnc1-c1c[nH]c2ccccc12. The fraction of sp³-hybridized carbons (Fsp3) is 0.353. The van der Waals surface area contributed by atoms with E-state index >= 15 is 0 Å². The Hall–Kier alpha value is -2.32. The zero-order valence-electron chi connectivity index (χ0n) is 14.4. The Bertz CT molecular complexity index is 874. The molecule has 0 unspecified atom stereocenters. The highest BCUT2D eigenvalue weighted by atomic mass is 32.2. The van der Waals surface area contributed by atoms with Crippen LogP contribution >= 0.6 is 11.8 Å². The summed E-state index contributed by atoms with van der Waals surface area (Å²) in [5, 5.41) is 10.0. The number of hydrogen-bond donors (Lipinski definition) is 1. The first kappa shape index (κ1) is 17.5. The summed E-state index contributed by atoms with van der Waals surface area (Å²) in [5.74, 6) is 0.453. The van der Waals surface area contributed by atoms with Gasteiger partial charge in [-0.25, -0.2) is 0 Å². The van der Waals surface area contributed by atoms with Gasteiger partial charge in [0.1, 0.15) is 5.25 Å². The van der Waals surface area contributed by atoms with Gasteiger partial charge in [0, 0.05) is 29.8 Å². The maximum atomic E-state index is 11.7. The number of hydrogen-bond acceptors (Lipinski definition) is 6. The Balaban J connectivity index is 2.00. The average molecular weight is 360 g/mol. The Morgan fingerprint density at radius 3 is 2.88 bits per heavy atom. The predicted molar refractivity (Wildman–Crippen MR) is 96.5 cm³/mol. The van der Waals surface area contributed by atoms with Crippen LogP contribution in [0.5, 0.6) is 0 Å². The van der Waals surface area contributed by atoms with Crippen LogP contribution in [0.25, 0.3) is 22.3 Å². The van der Waals surface area contributed by atoms with E-state index < -0.39 is 0 Å². The lowest BCUT2D eigenvalue weighted by Crippen LogP contribution is -2.16. The van der Waals surface area contributed by atoms with Gasteiger partial charge in [0.25, 0.3) is 0 Å². The molecule has 0 saturated heterocycles. The number of esters is 1. The predicted octanol–water partition coefficient (Wildman–Crippen LogP) is 2.73. The lowest BCUT2D eigenvalue weighted by Gasteiger charge is -2.11. The van der Waals surface area contributed by atoms with Gasteiger partial charge in [-0.2, -0.15) is 0 Å². The highest BCUT2D eigenvalue weighted by Gasteiger charge is 2.22. The molecule has 8 heteroatoms. The standard InChI is InChI=1S/C17H20N4O3S/c1-11(16(22)24-3)25-17-20-19-15(21(17)8-9-23-2)13-10-18-14-7-5-4-6-12(13)14/h4-7,10-11,18H,8-9H2,1-3H3/t11-/m1/s1. The Kier molecular flexibility index (Phi) is 5.40. The van der Waals surface area contributed by atoms with Crippen LogP contribution in [0.1, 0.15) is 6.92 Å². The van der Waals surface area contributed by atoms with E-state index in [9.17, 15) is 4.79 Å². The van der Waals surface area contributed by atoms with Crippen molar-refractivity contribution in [3.8, 4) is 11.4 Å². The number of fused-ring (bicyclic) bond motifs is 1. The molecule has 0 aliphatic rings. The number of carbonyl (C=O) groups excluding carboxylic acids is 1. The van der Waals surface area contributed by atoms with Crippen molar-refractivity contribution in [2.75, 3.05) is 20.8 Å². The van der Waals surface area contributed by atoms with Gasteiger partial charge in [-0.15, -0.1) is 10.2 Å². The molecule has 2 heterocycles. The summed E-state index contributed by atoms with van der Waals surface area (Å²) in [4.78, 5) is 15.0. The maximum absolute atomic E-state index is 11.7. The first-order chi connectivity index (χ1) is 12.2. The molecule has 3 rings (SSSR count). The normalized spacial score (nSPS) is 12.4. The molecule has 132 valence electrons. The van der Waals surface area contributed by atoms with Gasteiger partial charge in [-0.05, 0) is 13.0 Å². The van der Waals surface area contributed by atoms with Crippen LogP contribution in [-0.4, -0.2) is 51.8 Å². The Morgan fingerprint density at radius 2 is 2.12 bits per heavy atom. The van der Waals surface area contributed by atoms with E-state index in [1.54, 1.807) is 14.0 Å². The van der Waals surface area contributed by atoms with E-state index in [4.69, 9.17) is 9.47 Å². The highest BCUT2D eigenvalue weighted by molar-refractivity contribution is 8.00. The summed E-state index contributed by atoms with van der Waals surface area (Å²) in [7, 11) is 3.03. The van der Waals surface area contributed by atoms with Crippen LogP contribution in [0.4, 0.5) is 0 Å². The van der Waals surface area contributed by atoms with Crippen molar-refractivity contribution >= 4 is 28.6 Å². The van der Waals surface area contributed by atoms with Crippen LogP contribution < -0.4 is 0 Å². The highest BCUT2D eigenvalue weighted by Crippen LogP contribution is 2.31. The number of methoxy groups -OCH3 is 2. The molecule has 3 aromatic rings. The fourth-order valence-electron chi connectivity index (χ4n) is 2.59. The van der Waals surface area contributed by atoms with Gasteiger partial charge >= 0.3 is 5.97 Å². The summed E-state index contributed by atoms with van der Waals surface area (Å²) in [5.41, 5.74) is 2.01. The third-order valence-electron chi connectivity index (χ3n) is 3.88. The molecule has 1 N–H and O–H groups in total. The number of para-hydroxylation sites is 1. The number of nitrogens with one attached hydrogen (secondary N) is 1. The van der Waals surface area contributed by atoms with Crippen LogP contribution in [0.3, 0.4) is 0 Å². The summed E-state index contributed by atoms with van der Waals surface area (Å²) in [6.07, 6.45) is 1.93. The summed E-state index contributed by atoms with van der Waals surface area (Å²) < 4.78 is 12.0. The molecule has 7 nitrogen and oxygen atoms in total. The quantitative estimate of drug-likeness (QED) is 0.515. The zero-order valence-corrected chi connectivity index (χ0v) is 15.2. The van der Waals surface area contributed by atoms with E-state index in [2.05, 4.69) is 15.2 Å². The van der Waals surface area contributed by atoms with E-state index in [-0.39, 0.29) is 11.2 Å². The second-order valence-corrected chi connectivity index (χ2v) is 6.79. The number of aromatic amines is 1. The van der Waals surface area contributed by atoms with Crippen molar-refractivity contribution in [2.24, 2.45) is 0 Å². The molecule has 0 fully saturated rings. The average Bonchev–Trinajstić information content (AvgIpc) is 3.22. The lowest BCUT2D eigenvalue weighted by atomic mass is 10.1. The lowest BCUT2D eigenvalue weighted by molar-refractivity contribution is -0.139. The summed E-state index contributed by atoms with van der Waals surface area (Å²) >= 11 is 1.33. The summed E-state index contributed by atoms with van der Waals surface area (Å²) in [6.45, 7) is 2.90. The molecule has 1 aromatic carbocycles. The molecule has 0 radical (unpaired) electrons. The van der Waals surface area contributed by atoms with Crippen molar-refractivity contribution in [1.82, 2.24) is 19.7 Å². The largest absolute Gasteiger partial charge is 0.468 e. The van der Waals surface area contributed by atoms with Gasteiger partial charge in [0.15, 0.2) is 11.0 Å². The number of carbonyl (C=O) groups is 1. The first-order valence-corrected chi connectivity index (χ1v) is 8.76. The van der Waals surface area contributed by atoms with Crippen molar-refractivity contribution in [3.63, 3.8) is 0 Å². The van der Waals surface area contributed by atoms with Gasteiger partial charge in [-0.1, -0.05) is 30.0 Å². The smallest absolute Gasteiger partial charge is 0.318 e. The van der Waals surface area contributed by atoms with Gasteiger partial charge in [0.05, 0.1) is 20.3 Å². The zero-order chi connectivity index (χ0) is 17.8. The minimum Gasteiger partial charge on any atom is -0.468 e. The van der Waals surface area contributed by atoms with E-state index in [0.29, 0.717) is 18.3 Å². The number of H-pyrrole nitrogens is 1. The molecule has 0 aliphatic carbocycles. The summed E-state index contributed by atoms with van der Waals surface area (Å²) in [6, 6.07) is 8.03. The molecular weight excluding hydrogens is 340 g/mol. The van der Waals surface area contributed by atoms with E-state index in [1.165, 1.54) is 18.9 Å². The molecule has 0 spiro atoms. The van der Waals surface area contributed by atoms with Crippen LogP contribution in [0.15, 0.2) is 35.6 Å². The van der Waals surface area contributed by atoms with Crippen LogP contribution in [0, 0.1) is 0 Å². The van der Waals surface area contributed by atoms with Crippen molar-refractivity contribution in [1.29, 1.82) is 0 Å². The minimum absolute atomic E-state index is 0.292. The van der Waals surface area contributed by atoms with Gasteiger partial charge < -0.3 is 14.5 Å². The molecule has 1 atom stereocenters. The maximum Gasteiger partial charge on any atom is 0.318 e. The number of benzene rings is 1. The molecule has 0 saturated carbocycles. The first-order valence-electron chi connectivity index (χ1n) is 7.88. The monoisotopic (exact) mass is 360 g/mol. The van der Waals surface area contributed by atoms with Crippen LogP contribution in [0.2, 0.25) is 0 Å². The molecule has 25 heavy (non-hydrogen) atoms. The number of aromatic nitrogens is 4. The van der Waals surface area contributed by atoms with Crippen molar-refractivity contribution in [3.05, 3.63) is 30.5 Å². The molecular formula is C17H20N4O3S. The van der Waals surface area contributed by atoms with E-state index in [0.717, 1.165) is 22.3 Å². The molecule has 0 amide bonds. The second-order valence-electron chi connectivity index (χ2n) is 5.48. The number of rotatable bonds is 7. The Labute approximate surface area is 149 Å². The molecule has 0 aliphatic heterocycles. The van der Waals surface area contributed by atoms with Gasteiger partial charge in [0.2, 0.25) is 0 Å². The van der Waals surface area contributed by atoms with E-state index in [1.807, 2.05) is 35.0 Å². The van der Waals surface area contributed by atoms with Crippen molar-refractivity contribution < 1.29 is 14.3 Å². The number of ether oxygens (including phenoxy) is 2.